The number of fused-ring (bicyclic) bond motifs is 5. The molecule has 4 atom stereocenters. The smallest absolute Gasteiger partial charge is 0.136 e. The summed E-state index contributed by atoms with van der Waals surface area (Å²) >= 11 is 0. The lowest BCUT2D eigenvalue weighted by atomic mass is 9.71. The van der Waals surface area contributed by atoms with Gasteiger partial charge in [0.05, 0.1) is 0 Å². The topological polar surface area (TPSA) is 20.3 Å². The Morgan fingerprint density at radius 2 is 1.67 bits per heavy atom. The lowest BCUT2D eigenvalue weighted by Crippen LogP contribution is -2.41. The zero-order valence-electron chi connectivity index (χ0n) is 7.49. The highest BCUT2D eigenvalue weighted by Crippen LogP contribution is 2.52. The van der Waals surface area contributed by atoms with Gasteiger partial charge in [-0.05, 0) is 31.7 Å². The Morgan fingerprint density at radius 3 is 2.08 bits per heavy atom. The molecule has 12 heavy (non-hydrogen) atoms. The molecule has 2 heteroatoms. The van der Waals surface area contributed by atoms with Gasteiger partial charge < -0.3 is 0 Å². The predicted molar refractivity (Wildman–Crippen MR) is 45.8 cm³/mol. The Bertz CT molecular complexity index is 212. The third kappa shape index (κ3) is 0.674. The summed E-state index contributed by atoms with van der Waals surface area (Å²) in [4.78, 5) is 13.8. The molecule has 0 aromatic rings. The van der Waals surface area contributed by atoms with E-state index in [0.717, 1.165) is 24.7 Å². The normalized spacial score (nSPS) is 51.9. The number of nitrogens with zero attached hydrogens (tertiary/aromatic N) is 1. The predicted octanol–water partition coefficient (Wildman–Crippen LogP) is 1.06. The Kier molecular flexibility index (Phi) is 1.24. The molecule has 3 rings (SSSR count). The maximum Gasteiger partial charge on any atom is 0.136 e. The number of carbonyl (C=O) groups is 1. The fraction of sp³-hybridized carbons (Fsp3) is 0.900. The summed E-state index contributed by atoms with van der Waals surface area (Å²) in [5, 5.41) is 0. The minimum atomic E-state index is 0.512. The molecule has 1 aliphatic carbocycles. The van der Waals surface area contributed by atoms with Crippen LogP contribution in [0.3, 0.4) is 0 Å². The Balaban J connectivity index is 1.95. The number of carbonyl (C=O) groups excluding carboxylic acids is 1. The van der Waals surface area contributed by atoms with Gasteiger partial charge in [0.2, 0.25) is 0 Å². The van der Waals surface area contributed by atoms with E-state index in [0.29, 0.717) is 17.9 Å². The van der Waals surface area contributed by atoms with E-state index in [2.05, 4.69) is 11.9 Å². The first-order chi connectivity index (χ1) is 5.77. The molecule has 0 spiro atoms. The second-order valence-electron chi connectivity index (χ2n) is 4.65. The number of Topliss-reactive ketones (excluding diaryl/α,β-unsaturated/α-hetero) is 1. The molecule has 66 valence electrons. The van der Waals surface area contributed by atoms with E-state index in [-0.39, 0.29) is 0 Å². The van der Waals surface area contributed by atoms with Gasteiger partial charge in [-0.3, -0.25) is 9.69 Å². The second kappa shape index (κ2) is 2.11. The molecular weight excluding hydrogens is 150 g/mol. The zero-order valence-corrected chi connectivity index (χ0v) is 7.49. The maximum atomic E-state index is 11.4. The van der Waals surface area contributed by atoms with Crippen molar-refractivity contribution in [2.45, 2.75) is 37.8 Å². The van der Waals surface area contributed by atoms with Crippen LogP contribution in [0.25, 0.3) is 0 Å². The van der Waals surface area contributed by atoms with Crippen molar-refractivity contribution in [2.75, 3.05) is 7.05 Å². The van der Waals surface area contributed by atoms with E-state index in [4.69, 9.17) is 0 Å². The number of hydrogen-bond acceptors (Lipinski definition) is 2. The van der Waals surface area contributed by atoms with E-state index >= 15 is 0 Å². The molecule has 2 aliphatic heterocycles. The molecule has 0 radical (unpaired) electrons. The van der Waals surface area contributed by atoms with Gasteiger partial charge >= 0.3 is 0 Å². The van der Waals surface area contributed by atoms with Gasteiger partial charge in [-0.25, -0.2) is 0 Å². The number of piperidine rings is 1. The van der Waals surface area contributed by atoms with Crippen molar-refractivity contribution in [1.29, 1.82) is 0 Å². The van der Waals surface area contributed by atoms with Crippen molar-refractivity contribution < 1.29 is 4.79 Å². The summed E-state index contributed by atoms with van der Waals surface area (Å²) in [5.74, 6) is 2.27. The van der Waals surface area contributed by atoms with Crippen molar-refractivity contribution in [1.82, 2.24) is 4.90 Å². The summed E-state index contributed by atoms with van der Waals surface area (Å²) in [6.07, 6.45) is 4.44. The minimum Gasteiger partial charge on any atom is -0.300 e. The third-order valence-corrected chi connectivity index (χ3v) is 4.29. The minimum absolute atomic E-state index is 0.512. The Hall–Kier alpha value is -0.370. The van der Waals surface area contributed by atoms with E-state index in [1.807, 2.05) is 0 Å². The maximum absolute atomic E-state index is 11.4. The van der Waals surface area contributed by atoms with Crippen molar-refractivity contribution in [3.05, 3.63) is 0 Å². The molecule has 2 saturated heterocycles. The molecule has 0 N–H and O–H groups in total. The molecule has 3 fully saturated rings. The average molecular weight is 165 g/mol. The molecule has 0 aromatic carbocycles. The fourth-order valence-corrected chi connectivity index (χ4v) is 3.50. The molecule has 3 aliphatic rings. The van der Waals surface area contributed by atoms with Crippen LogP contribution in [0.1, 0.15) is 25.7 Å². The number of hydrogen-bond donors (Lipinski definition) is 0. The van der Waals surface area contributed by atoms with E-state index < -0.39 is 0 Å². The first kappa shape index (κ1) is 7.07. The number of rotatable bonds is 0. The van der Waals surface area contributed by atoms with Crippen molar-refractivity contribution >= 4 is 5.78 Å². The molecule has 0 aromatic heterocycles. The van der Waals surface area contributed by atoms with Crippen molar-refractivity contribution in [3.8, 4) is 0 Å². The van der Waals surface area contributed by atoms with Crippen molar-refractivity contribution in [2.24, 2.45) is 11.8 Å². The standard InChI is InChI=1S/C10H15NO/c1-11-9-4-6(12)5-10(11)8-3-2-7(8)9/h7-10H,2-5H2,1H3/t7-,8-,9-,10-/m0/s1. The average Bonchev–Trinajstić information content (AvgIpc) is 2.10. The SMILES string of the molecule is CN1[C@H]2CC(=O)C[C@H]1[C@H]1CC[C@@H]12. The van der Waals surface area contributed by atoms with Crippen LogP contribution < -0.4 is 0 Å². The van der Waals surface area contributed by atoms with Crippen LogP contribution in [0, 0.1) is 11.8 Å². The Labute approximate surface area is 72.9 Å². The summed E-state index contributed by atoms with van der Waals surface area (Å²) in [6.45, 7) is 0. The second-order valence-corrected chi connectivity index (χ2v) is 4.65. The molecule has 0 amide bonds. The highest BCUT2D eigenvalue weighted by Gasteiger charge is 2.54. The van der Waals surface area contributed by atoms with E-state index in [1.54, 1.807) is 0 Å². The lowest BCUT2D eigenvalue weighted by molar-refractivity contribution is -0.123. The summed E-state index contributed by atoms with van der Waals surface area (Å²) in [6, 6.07) is 1.24. The highest BCUT2D eigenvalue weighted by atomic mass is 16.1. The summed E-state index contributed by atoms with van der Waals surface area (Å²) < 4.78 is 0. The van der Waals surface area contributed by atoms with Gasteiger partial charge in [-0.1, -0.05) is 0 Å². The van der Waals surface area contributed by atoms with Gasteiger partial charge in [0.25, 0.3) is 0 Å². The van der Waals surface area contributed by atoms with Crippen LogP contribution in [0.5, 0.6) is 0 Å². The van der Waals surface area contributed by atoms with Crippen LogP contribution in [0.2, 0.25) is 0 Å². The zero-order chi connectivity index (χ0) is 8.29. The first-order valence-corrected chi connectivity index (χ1v) is 5.01. The van der Waals surface area contributed by atoms with Crippen LogP contribution in [0.15, 0.2) is 0 Å². The lowest BCUT2D eigenvalue weighted by Gasteiger charge is -2.32. The van der Waals surface area contributed by atoms with Crippen LogP contribution >= 0.6 is 0 Å². The molecule has 2 nitrogen and oxygen atoms in total. The first-order valence-electron chi connectivity index (χ1n) is 5.01. The molecule has 2 bridgehead atoms. The van der Waals surface area contributed by atoms with E-state index in [1.165, 1.54) is 12.8 Å². The molecule has 2 heterocycles. The van der Waals surface area contributed by atoms with Crippen LogP contribution in [-0.4, -0.2) is 29.8 Å². The quantitative estimate of drug-likeness (QED) is 0.535. The van der Waals surface area contributed by atoms with Gasteiger partial charge in [0.15, 0.2) is 0 Å². The molecular formula is C10H15NO. The van der Waals surface area contributed by atoms with Crippen LogP contribution in [0.4, 0.5) is 0 Å². The van der Waals surface area contributed by atoms with Crippen LogP contribution in [-0.2, 0) is 4.79 Å². The molecule has 1 saturated carbocycles. The Morgan fingerprint density at radius 1 is 1.17 bits per heavy atom. The van der Waals surface area contributed by atoms with Gasteiger partial charge in [-0.15, -0.1) is 0 Å². The molecule has 0 unspecified atom stereocenters. The fourth-order valence-electron chi connectivity index (χ4n) is 3.50. The van der Waals surface area contributed by atoms with Crippen molar-refractivity contribution in [3.63, 3.8) is 0 Å². The van der Waals surface area contributed by atoms with E-state index in [9.17, 15) is 4.79 Å². The highest BCUT2D eigenvalue weighted by molar-refractivity contribution is 5.81. The monoisotopic (exact) mass is 165 g/mol. The third-order valence-electron chi connectivity index (χ3n) is 4.29. The number of ketones is 1. The summed E-state index contributed by atoms with van der Waals surface area (Å²) in [7, 11) is 2.21. The van der Waals surface area contributed by atoms with Gasteiger partial charge in [-0.2, -0.15) is 0 Å². The van der Waals surface area contributed by atoms with Gasteiger partial charge in [0, 0.05) is 24.9 Å². The summed E-state index contributed by atoms with van der Waals surface area (Å²) in [5.41, 5.74) is 0. The van der Waals surface area contributed by atoms with Gasteiger partial charge in [0.1, 0.15) is 5.78 Å². The largest absolute Gasteiger partial charge is 0.300 e.